The van der Waals surface area contributed by atoms with Gasteiger partial charge >= 0.3 is 12.3 Å². The molecule has 2 aromatic rings. The number of ether oxygens (including phenoxy) is 6. The number of hydrogen-bond donors (Lipinski definition) is 0. The number of rotatable bonds is 11. The van der Waals surface area contributed by atoms with E-state index in [-0.39, 0.29) is 30.5 Å². The zero-order chi connectivity index (χ0) is 22.6. The van der Waals surface area contributed by atoms with Crippen LogP contribution in [0.2, 0.25) is 0 Å². The van der Waals surface area contributed by atoms with E-state index in [2.05, 4.69) is 0 Å². The maximum absolute atomic E-state index is 12.2. The number of fused-ring (bicyclic) bond motifs is 1. The maximum atomic E-state index is 12.2. The van der Waals surface area contributed by atoms with E-state index in [1.165, 1.54) is 13.2 Å². The van der Waals surface area contributed by atoms with Gasteiger partial charge in [-0.3, -0.25) is 0 Å². The predicted molar refractivity (Wildman–Crippen MR) is 115 cm³/mol. The van der Waals surface area contributed by atoms with E-state index >= 15 is 0 Å². The molecule has 0 N–H and O–H groups in total. The van der Waals surface area contributed by atoms with Gasteiger partial charge in [-0.2, -0.15) is 0 Å². The van der Waals surface area contributed by atoms with Crippen molar-refractivity contribution in [1.82, 2.24) is 0 Å². The molecule has 0 aliphatic rings. The molecular weight excluding hydrogens is 404 g/mol. The van der Waals surface area contributed by atoms with Crippen LogP contribution in [0.4, 0.5) is 9.59 Å². The van der Waals surface area contributed by atoms with Gasteiger partial charge in [-0.25, -0.2) is 9.59 Å². The third-order valence-corrected chi connectivity index (χ3v) is 4.34. The van der Waals surface area contributed by atoms with Crippen molar-refractivity contribution >= 4 is 23.1 Å². The Labute approximate surface area is 182 Å². The highest BCUT2D eigenvalue weighted by molar-refractivity contribution is 5.98. The normalized spacial score (nSPS) is 10.5. The van der Waals surface area contributed by atoms with Crippen LogP contribution in [0.15, 0.2) is 24.3 Å². The van der Waals surface area contributed by atoms with E-state index in [9.17, 15) is 9.59 Å². The lowest BCUT2D eigenvalue weighted by atomic mass is 10.1. The number of unbranched alkanes of at least 4 members (excludes halogenated alkanes) is 2. The molecule has 0 radical (unpaired) electrons. The second-order valence-electron chi connectivity index (χ2n) is 6.65. The second-order valence-corrected chi connectivity index (χ2v) is 6.65. The molecule has 0 fully saturated rings. The number of benzene rings is 2. The van der Waals surface area contributed by atoms with Gasteiger partial charge in [0.25, 0.3) is 0 Å². The minimum absolute atomic E-state index is 0.174. The Hall–Kier alpha value is -3.16. The first-order valence-corrected chi connectivity index (χ1v) is 10.5. The monoisotopic (exact) mass is 434 g/mol. The molecule has 0 bridgehead atoms. The average molecular weight is 434 g/mol. The quantitative estimate of drug-likeness (QED) is 0.246. The van der Waals surface area contributed by atoms with Crippen LogP contribution in [-0.2, 0) is 9.47 Å². The first-order chi connectivity index (χ1) is 15.0. The lowest BCUT2D eigenvalue weighted by Crippen LogP contribution is -2.14. The third-order valence-electron chi connectivity index (χ3n) is 4.34. The highest BCUT2D eigenvalue weighted by Gasteiger charge is 2.21. The zero-order valence-electron chi connectivity index (χ0n) is 18.5. The van der Waals surface area contributed by atoms with Crippen LogP contribution >= 0.6 is 0 Å². The van der Waals surface area contributed by atoms with Crippen LogP contribution in [0.25, 0.3) is 10.8 Å². The van der Waals surface area contributed by atoms with E-state index in [1.807, 2.05) is 13.8 Å². The van der Waals surface area contributed by atoms with Crippen molar-refractivity contribution in [2.24, 2.45) is 0 Å². The van der Waals surface area contributed by atoms with Gasteiger partial charge in [-0.05, 0) is 38.0 Å². The van der Waals surface area contributed by atoms with Crippen LogP contribution in [0.5, 0.6) is 23.0 Å². The van der Waals surface area contributed by atoms with Crippen molar-refractivity contribution in [2.45, 2.75) is 46.5 Å². The van der Waals surface area contributed by atoms with E-state index in [0.717, 1.165) is 25.7 Å². The Morgan fingerprint density at radius 2 is 1.45 bits per heavy atom. The van der Waals surface area contributed by atoms with Gasteiger partial charge in [-0.1, -0.05) is 26.7 Å². The molecule has 0 amide bonds. The molecule has 170 valence electrons. The van der Waals surface area contributed by atoms with Gasteiger partial charge < -0.3 is 28.4 Å². The predicted octanol–water partition coefficient (Wildman–Crippen LogP) is 5.88. The minimum atomic E-state index is -0.834. The highest BCUT2D eigenvalue weighted by atomic mass is 16.7. The van der Waals surface area contributed by atoms with Crippen molar-refractivity contribution in [2.75, 3.05) is 26.9 Å². The number of carbonyl (C=O) groups excluding carboxylic acids is 2. The Morgan fingerprint density at radius 1 is 0.806 bits per heavy atom. The maximum Gasteiger partial charge on any atom is 0.513 e. The van der Waals surface area contributed by atoms with Gasteiger partial charge in [0.2, 0.25) is 0 Å². The summed E-state index contributed by atoms with van der Waals surface area (Å²) < 4.78 is 32.1. The van der Waals surface area contributed by atoms with E-state index in [0.29, 0.717) is 23.1 Å². The minimum Gasteiger partial charge on any atom is -0.497 e. The van der Waals surface area contributed by atoms with E-state index < -0.39 is 12.3 Å². The van der Waals surface area contributed by atoms with Gasteiger partial charge in [0.1, 0.15) is 11.5 Å². The third kappa shape index (κ3) is 6.94. The molecule has 8 heteroatoms. The van der Waals surface area contributed by atoms with Gasteiger partial charge in [0.15, 0.2) is 11.5 Å². The van der Waals surface area contributed by atoms with Crippen molar-refractivity contribution in [3.63, 3.8) is 0 Å². The summed E-state index contributed by atoms with van der Waals surface area (Å²) in [5.74, 6) is 1.15. The molecule has 0 saturated heterocycles. The summed E-state index contributed by atoms with van der Waals surface area (Å²) in [7, 11) is 1.53. The van der Waals surface area contributed by atoms with Crippen LogP contribution in [-0.4, -0.2) is 39.2 Å². The summed E-state index contributed by atoms with van der Waals surface area (Å²) in [6, 6.07) is 6.56. The first kappa shape index (κ1) is 24.1. The van der Waals surface area contributed by atoms with Gasteiger partial charge in [0.05, 0.1) is 26.9 Å². The lowest BCUT2D eigenvalue weighted by molar-refractivity contribution is 0.0951. The standard InChI is InChI=1S/C23H30O8/c1-5-8-12-28-22(24)30-19-15-20(27-7-3)21(31-23(25)29-13-9-6-2)17-11-10-16(26-4)14-18(17)19/h10-11,14-15H,5-9,12-13H2,1-4H3. The summed E-state index contributed by atoms with van der Waals surface area (Å²) >= 11 is 0. The van der Waals surface area contributed by atoms with Gasteiger partial charge in [-0.15, -0.1) is 0 Å². The zero-order valence-corrected chi connectivity index (χ0v) is 18.5. The summed E-state index contributed by atoms with van der Waals surface area (Å²) in [6.45, 7) is 6.61. The molecule has 0 unspecified atom stereocenters. The molecule has 0 atom stereocenters. The number of hydrogen-bond acceptors (Lipinski definition) is 8. The van der Waals surface area contributed by atoms with Crippen molar-refractivity contribution in [3.8, 4) is 23.0 Å². The Bertz CT molecular complexity index is 877. The molecule has 0 heterocycles. The molecule has 0 spiro atoms. The topological polar surface area (TPSA) is 89.5 Å². The fourth-order valence-electron chi connectivity index (χ4n) is 2.73. The van der Waals surface area contributed by atoms with Crippen molar-refractivity contribution in [3.05, 3.63) is 24.3 Å². The van der Waals surface area contributed by atoms with Crippen LogP contribution < -0.4 is 18.9 Å². The second kappa shape index (κ2) is 12.5. The lowest BCUT2D eigenvalue weighted by Gasteiger charge is -2.17. The van der Waals surface area contributed by atoms with E-state index in [1.54, 1.807) is 25.1 Å². The molecular formula is C23H30O8. The summed E-state index contributed by atoms with van der Waals surface area (Å²) in [4.78, 5) is 24.3. The SMILES string of the molecule is CCCCOC(=O)Oc1cc(OCC)c(OC(=O)OCCCC)c2ccc(OC)cc12. The van der Waals surface area contributed by atoms with Crippen LogP contribution in [0.1, 0.15) is 46.5 Å². The summed E-state index contributed by atoms with van der Waals surface area (Å²) in [6.07, 6.45) is 1.59. The molecule has 0 saturated carbocycles. The smallest absolute Gasteiger partial charge is 0.497 e. The number of methoxy groups -OCH3 is 1. The fourth-order valence-corrected chi connectivity index (χ4v) is 2.73. The molecule has 0 aliphatic carbocycles. The molecule has 0 aliphatic heterocycles. The Kier molecular flexibility index (Phi) is 9.74. The molecule has 2 rings (SSSR count). The van der Waals surface area contributed by atoms with Crippen molar-refractivity contribution < 1.29 is 38.0 Å². The summed E-state index contributed by atoms with van der Waals surface area (Å²) in [5, 5.41) is 0.988. The average Bonchev–Trinajstić information content (AvgIpc) is 2.76. The Balaban J connectivity index is 2.44. The summed E-state index contributed by atoms with van der Waals surface area (Å²) in [5.41, 5.74) is 0. The largest absolute Gasteiger partial charge is 0.513 e. The molecule has 8 nitrogen and oxygen atoms in total. The number of carbonyl (C=O) groups is 2. The first-order valence-electron chi connectivity index (χ1n) is 10.5. The fraction of sp³-hybridized carbons (Fsp3) is 0.478. The molecule has 2 aromatic carbocycles. The van der Waals surface area contributed by atoms with Crippen molar-refractivity contribution in [1.29, 1.82) is 0 Å². The van der Waals surface area contributed by atoms with E-state index in [4.69, 9.17) is 28.4 Å². The highest BCUT2D eigenvalue weighted by Crippen LogP contribution is 2.43. The van der Waals surface area contributed by atoms with Crippen LogP contribution in [0, 0.1) is 0 Å². The molecule has 0 aromatic heterocycles. The van der Waals surface area contributed by atoms with Gasteiger partial charge in [0, 0.05) is 16.8 Å². The molecule has 31 heavy (non-hydrogen) atoms. The Morgan fingerprint density at radius 3 is 2.03 bits per heavy atom. The van der Waals surface area contributed by atoms with Crippen LogP contribution in [0.3, 0.4) is 0 Å².